The maximum Gasteiger partial charge on any atom is 0.0789 e. The van der Waals surface area contributed by atoms with Crippen molar-refractivity contribution >= 4 is 54.3 Å². The Labute approximate surface area is 348 Å². The summed E-state index contributed by atoms with van der Waals surface area (Å²) in [6.45, 7) is 0. The Morgan fingerprint density at radius 3 is 1.15 bits per heavy atom. The molecule has 0 radical (unpaired) electrons. The second kappa shape index (κ2) is 13.9. The van der Waals surface area contributed by atoms with E-state index in [1.807, 2.05) is 0 Å². The highest BCUT2D eigenvalue weighted by molar-refractivity contribution is 6.23. The van der Waals surface area contributed by atoms with Crippen LogP contribution in [0.2, 0.25) is 0 Å². The van der Waals surface area contributed by atoms with Crippen LogP contribution in [0.25, 0.3) is 110 Å². The molecule has 2 nitrogen and oxygen atoms in total. The Kier molecular flexibility index (Phi) is 7.89. The maximum absolute atomic E-state index is 2.51. The van der Waals surface area contributed by atoms with Crippen LogP contribution in [0.5, 0.6) is 0 Å². The topological polar surface area (TPSA) is 9.86 Å². The van der Waals surface area contributed by atoms with Gasteiger partial charge in [0.1, 0.15) is 0 Å². The van der Waals surface area contributed by atoms with Crippen molar-refractivity contribution in [3.8, 4) is 56.0 Å². The largest absolute Gasteiger partial charge is 0.307 e. The zero-order chi connectivity index (χ0) is 39.6. The molecule has 2 heterocycles. The monoisotopic (exact) mass is 762 g/mol. The minimum absolute atomic E-state index is 1.12. The van der Waals surface area contributed by atoms with Gasteiger partial charge in [0.05, 0.1) is 22.2 Å². The van der Waals surface area contributed by atoms with E-state index in [2.05, 4.69) is 240 Å². The zero-order valence-corrected chi connectivity index (χ0v) is 32.8. The van der Waals surface area contributed by atoms with Crippen molar-refractivity contribution in [1.29, 1.82) is 0 Å². The SMILES string of the molecule is c1ccc(-c2c3ccccc3c(-c3ccc(-n4c5ccccc5c5ccc6c(-c7ccccc7)c(-c7ccccc7)n(-c7ccccc7)c6c54)cc3)c3ccccc23)cc1. The molecular weight excluding hydrogens is 725 g/mol. The normalized spacial score (nSPS) is 11.7. The smallest absolute Gasteiger partial charge is 0.0789 e. The second-order valence-electron chi connectivity index (χ2n) is 15.6. The highest BCUT2D eigenvalue weighted by Crippen LogP contribution is 2.48. The molecule has 0 unspecified atom stereocenters. The lowest BCUT2D eigenvalue weighted by Gasteiger charge is -2.18. The molecule has 0 fully saturated rings. The minimum atomic E-state index is 1.12. The summed E-state index contributed by atoms with van der Waals surface area (Å²) < 4.78 is 5.00. The Morgan fingerprint density at radius 2 is 0.600 bits per heavy atom. The van der Waals surface area contributed by atoms with Gasteiger partial charge in [-0.25, -0.2) is 0 Å². The third-order valence-corrected chi connectivity index (χ3v) is 12.3. The molecule has 2 aromatic heterocycles. The van der Waals surface area contributed by atoms with Gasteiger partial charge in [0, 0.05) is 33.1 Å². The molecule has 0 aliphatic carbocycles. The quantitative estimate of drug-likeness (QED) is 0.149. The lowest BCUT2D eigenvalue weighted by molar-refractivity contribution is 1.12. The Balaban J connectivity index is 1.16. The number of aromatic nitrogens is 2. The molecule has 0 bridgehead atoms. The number of para-hydroxylation sites is 2. The Hall–Kier alpha value is -7.94. The van der Waals surface area contributed by atoms with E-state index < -0.39 is 0 Å². The third kappa shape index (κ3) is 5.21. The fourth-order valence-corrected chi connectivity index (χ4v) is 9.82. The predicted molar refractivity (Wildman–Crippen MR) is 254 cm³/mol. The highest BCUT2D eigenvalue weighted by atomic mass is 15.1. The molecule has 0 aliphatic heterocycles. The number of fused-ring (bicyclic) bond motifs is 7. The van der Waals surface area contributed by atoms with E-state index in [1.165, 1.54) is 98.9 Å². The van der Waals surface area contributed by atoms with Gasteiger partial charge in [-0.3, -0.25) is 0 Å². The fourth-order valence-electron chi connectivity index (χ4n) is 9.82. The molecule has 2 heteroatoms. The van der Waals surface area contributed by atoms with Crippen LogP contribution in [0.4, 0.5) is 0 Å². The van der Waals surface area contributed by atoms with E-state index >= 15 is 0 Å². The van der Waals surface area contributed by atoms with Gasteiger partial charge in [0.25, 0.3) is 0 Å². The summed E-state index contributed by atoms with van der Waals surface area (Å²) in [5, 5.41) is 8.70. The van der Waals surface area contributed by atoms with Crippen LogP contribution in [0.15, 0.2) is 231 Å². The van der Waals surface area contributed by atoms with E-state index in [1.54, 1.807) is 0 Å². The third-order valence-electron chi connectivity index (χ3n) is 12.3. The first-order valence-corrected chi connectivity index (χ1v) is 20.7. The predicted octanol–water partition coefficient (Wildman–Crippen LogP) is 15.7. The molecule has 0 atom stereocenters. The van der Waals surface area contributed by atoms with Gasteiger partial charge in [0.2, 0.25) is 0 Å². The van der Waals surface area contributed by atoms with Crippen molar-refractivity contribution in [2.24, 2.45) is 0 Å². The van der Waals surface area contributed by atoms with Crippen LogP contribution in [-0.2, 0) is 0 Å². The Morgan fingerprint density at radius 1 is 0.217 bits per heavy atom. The van der Waals surface area contributed by atoms with Gasteiger partial charge in [-0.1, -0.05) is 200 Å². The van der Waals surface area contributed by atoms with Crippen LogP contribution in [0, 0.1) is 0 Å². The lowest BCUT2D eigenvalue weighted by Crippen LogP contribution is -2.00. The minimum Gasteiger partial charge on any atom is -0.307 e. The zero-order valence-electron chi connectivity index (χ0n) is 32.8. The molecule has 0 N–H and O–H groups in total. The molecule has 0 amide bonds. The van der Waals surface area contributed by atoms with Crippen LogP contribution < -0.4 is 0 Å². The molecule has 12 rings (SSSR count). The average molecular weight is 763 g/mol. The summed E-state index contributed by atoms with van der Waals surface area (Å²) in [5.74, 6) is 0. The number of rotatable bonds is 6. The number of hydrogen-bond acceptors (Lipinski definition) is 0. The van der Waals surface area contributed by atoms with Gasteiger partial charge in [-0.15, -0.1) is 0 Å². The van der Waals surface area contributed by atoms with Crippen molar-refractivity contribution in [3.05, 3.63) is 231 Å². The standard InChI is InChI=1S/C58H38N2/c1-5-19-39(20-6-1)53-46-28-13-15-30-48(46)54(49-31-16-14-29-47(49)53)41-33-35-44(36-34-41)59-52-32-18-17-27-45(52)50-37-38-51-55(40-21-7-2-8-22-40)56(42-23-9-3-10-24-42)60(58(51)57(50)59)43-25-11-4-12-26-43/h1-38H. The van der Waals surface area contributed by atoms with E-state index in [-0.39, 0.29) is 0 Å². The van der Waals surface area contributed by atoms with Crippen LogP contribution in [0.3, 0.4) is 0 Å². The molecule has 0 aliphatic rings. The van der Waals surface area contributed by atoms with Crippen molar-refractivity contribution in [3.63, 3.8) is 0 Å². The lowest BCUT2D eigenvalue weighted by atomic mass is 9.86. The van der Waals surface area contributed by atoms with Crippen molar-refractivity contribution in [2.45, 2.75) is 0 Å². The molecule has 12 aromatic rings. The second-order valence-corrected chi connectivity index (χ2v) is 15.6. The average Bonchev–Trinajstić information content (AvgIpc) is 3.86. The number of nitrogens with zero attached hydrogens (tertiary/aromatic N) is 2. The first kappa shape index (κ1) is 34.1. The van der Waals surface area contributed by atoms with Crippen molar-refractivity contribution in [2.75, 3.05) is 0 Å². The highest BCUT2D eigenvalue weighted by Gasteiger charge is 2.26. The molecule has 10 aromatic carbocycles. The molecule has 0 spiro atoms. The summed E-state index contributed by atoms with van der Waals surface area (Å²) in [5.41, 5.74) is 15.5. The molecule has 60 heavy (non-hydrogen) atoms. The van der Waals surface area contributed by atoms with Gasteiger partial charge < -0.3 is 9.13 Å². The molecule has 0 saturated heterocycles. The van der Waals surface area contributed by atoms with E-state index in [0.29, 0.717) is 0 Å². The summed E-state index contributed by atoms with van der Waals surface area (Å²) in [7, 11) is 0. The van der Waals surface area contributed by atoms with Crippen LogP contribution >= 0.6 is 0 Å². The molecule has 0 saturated carbocycles. The van der Waals surface area contributed by atoms with E-state index in [0.717, 1.165) is 11.4 Å². The van der Waals surface area contributed by atoms with Gasteiger partial charge in [-0.05, 0) is 85.3 Å². The fraction of sp³-hybridized carbons (Fsp3) is 0. The van der Waals surface area contributed by atoms with Crippen molar-refractivity contribution in [1.82, 2.24) is 9.13 Å². The molecule has 280 valence electrons. The number of benzene rings is 10. The summed E-state index contributed by atoms with van der Waals surface area (Å²) in [4.78, 5) is 0. The van der Waals surface area contributed by atoms with Gasteiger partial charge in [0.15, 0.2) is 0 Å². The van der Waals surface area contributed by atoms with E-state index in [9.17, 15) is 0 Å². The maximum atomic E-state index is 2.51. The van der Waals surface area contributed by atoms with Gasteiger partial charge >= 0.3 is 0 Å². The first-order chi connectivity index (χ1) is 29.8. The molecular formula is C58H38N2. The van der Waals surface area contributed by atoms with Crippen molar-refractivity contribution < 1.29 is 0 Å². The van der Waals surface area contributed by atoms with Crippen LogP contribution in [0.1, 0.15) is 0 Å². The number of hydrogen-bond donors (Lipinski definition) is 0. The van der Waals surface area contributed by atoms with E-state index in [4.69, 9.17) is 0 Å². The summed E-state index contributed by atoms with van der Waals surface area (Å²) in [6, 6.07) is 84.1. The summed E-state index contributed by atoms with van der Waals surface area (Å²) >= 11 is 0. The Bertz CT molecular complexity index is 3490. The van der Waals surface area contributed by atoms with Crippen LogP contribution in [-0.4, -0.2) is 9.13 Å². The first-order valence-electron chi connectivity index (χ1n) is 20.7. The summed E-state index contributed by atoms with van der Waals surface area (Å²) in [6.07, 6.45) is 0. The van der Waals surface area contributed by atoms with Gasteiger partial charge in [-0.2, -0.15) is 0 Å².